The molecule has 4 rings (SSSR count). The molecule has 2 N–H and O–H groups in total. The number of anilines is 2. The van der Waals surface area contributed by atoms with Crippen LogP contribution >= 0.6 is 12.2 Å². The van der Waals surface area contributed by atoms with Crippen molar-refractivity contribution in [2.24, 2.45) is 5.73 Å². The summed E-state index contributed by atoms with van der Waals surface area (Å²) in [5.41, 5.74) is 4.29. The van der Waals surface area contributed by atoms with E-state index in [0.29, 0.717) is 70.1 Å². The summed E-state index contributed by atoms with van der Waals surface area (Å²) >= 11 is 5.82. The maximum absolute atomic E-state index is 13.7. The summed E-state index contributed by atoms with van der Waals surface area (Å²) in [6, 6.07) is 12.5. The zero-order chi connectivity index (χ0) is 30.3. The molecular formula is C29H35F3N4O5S. The van der Waals surface area contributed by atoms with Crippen molar-refractivity contribution in [2.75, 3.05) is 62.6 Å². The summed E-state index contributed by atoms with van der Waals surface area (Å²) in [6.45, 7) is 7.96. The minimum Gasteiger partial charge on any atom is -0.494 e. The first-order valence-electron chi connectivity index (χ1n) is 13.7. The summed E-state index contributed by atoms with van der Waals surface area (Å²) < 4.78 is 68.9. The van der Waals surface area contributed by atoms with Crippen LogP contribution in [0.4, 0.5) is 24.5 Å². The molecule has 2 aliphatic rings. The van der Waals surface area contributed by atoms with E-state index in [2.05, 4.69) is 0 Å². The van der Waals surface area contributed by atoms with Gasteiger partial charge in [0.25, 0.3) is 0 Å². The molecule has 0 amide bonds. The van der Waals surface area contributed by atoms with Crippen LogP contribution in [-0.4, -0.2) is 75.8 Å². The Morgan fingerprint density at radius 1 is 0.952 bits per heavy atom. The van der Waals surface area contributed by atoms with Crippen LogP contribution in [0.3, 0.4) is 0 Å². The highest BCUT2D eigenvalue weighted by atomic mass is 32.1. The molecule has 2 aromatic rings. The van der Waals surface area contributed by atoms with Crippen molar-refractivity contribution in [1.29, 1.82) is 5.26 Å². The molecule has 2 heterocycles. The normalized spacial score (nSPS) is 19.4. The lowest BCUT2D eigenvalue weighted by atomic mass is 9.94. The van der Waals surface area contributed by atoms with E-state index in [1.165, 1.54) is 6.07 Å². The number of nitrogens with two attached hydrogens (primary N) is 1. The molecule has 0 spiro atoms. The summed E-state index contributed by atoms with van der Waals surface area (Å²) in [7, 11) is 0. The summed E-state index contributed by atoms with van der Waals surface area (Å²) in [5.74, 6) is 0.666. The van der Waals surface area contributed by atoms with Gasteiger partial charge in [-0.15, -0.1) is 0 Å². The monoisotopic (exact) mass is 608 g/mol. The van der Waals surface area contributed by atoms with Gasteiger partial charge in [0.1, 0.15) is 11.9 Å². The lowest BCUT2D eigenvalue weighted by Crippen LogP contribution is -2.62. The lowest BCUT2D eigenvalue weighted by molar-refractivity contribution is -0.137. The van der Waals surface area contributed by atoms with E-state index in [9.17, 15) is 18.4 Å². The van der Waals surface area contributed by atoms with E-state index < -0.39 is 29.1 Å². The van der Waals surface area contributed by atoms with Crippen molar-refractivity contribution >= 4 is 28.7 Å². The van der Waals surface area contributed by atoms with E-state index in [-0.39, 0.29) is 11.8 Å². The lowest BCUT2D eigenvalue weighted by Gasteiger charge is -2.46. The van der Waals surface area contributed by atoms with Crippen LogP contribution in [0, 0.1) is 11.3 Å². The molecule has 42 heavy (non-hydrogen) atoms. The van der Waals surface area contributed by atoms with Gasteiger partial charge in [0.05, 0.1) is 62.4 Å². The number of thiocarbonyl (C=S) groups is 1. The van der Waals surface area contributed by atoms with Gasteiger partial charge in [0, 0.05) is 30.9 Å². The SMILES string of the molecule is CC1(C)C2OC2N(c2ccc(C#N)c(C(F)(F)F)c2)C(=S)N1c1ccc(OCCCOCCOCCOCCN)cc1. The van der Waals surface area contributed by atoms with Gasteiger partial charge in [-0.1, -0.05) is 0 Å². The number of fused-ring (bicyclic) bond motifs is 1. The first-order valence-corrected chi connectivity index (χ1v) is 14.1. The van der Waals surface area contributed by atoms with Crippen molar-refractivity contribution in [3.63, 3.8) is 0 Å². The van der Waals surface area contributed by atoms with Crippen LogP contribution < -0.4 is 20.3 Å². The number of halogens is 3. The smallest absolute Gasteiger partial charge is 0.417 e. The number of epoxide rings is 1. The van der Waals surface area contributed by atoms with Crippen molar-refractivity contribution in [2.45, 2.75) is 44.3 Å². The highest BCUT2D eigenvalue weighted by Crippen LogP contribution is 2.48. The van der Waals surface area contributed by atoms with Crippen LogP contribution in [0.5, 0.6) is 5.75 Å². The van der Waals surface area contributed by atoms with Gasteiger partial charge in [-0.3, -0.25) is 4.90 Å². The summed E-state index contributed by atoms with van der Waals surface area (Å²) in [6.07, 6.45) is -4.77. The zero-order valence-corrected chi connectivity index (χ0v) is 24.4. The Labute approximate surface area is 248 Å². The number of hydrogen-bond acceptors (Lipinski definition) is 8. The van der Waals surface area contributed by atoms with Crippen LogP contribution in [0.25, 0.3) is 0 Å². The fraction of sp³-hybridized carbons (Fsp3) is 0.517. The minimum atomic E-state index is -4.68. The second-order valence-electron chi connectivity index (χ2n) is 10.3. The summed E-state index contributed by atoms with van der Waals surface area (Å²) in [5, 5.41) is 9.48. The average Bonchev–Trinajstić information content (AvgIpc) is 3.76. The van der Waals surface area contributed by atoms with Crippen molar-refractivity contribution in [3.05, 3.63) is 53.6 Å². The molecule has 2 aromatic carbocycles. The molecule has 2 atom stereocenters. The first-order chi connectivity index (χ1) is 20.1. The molecule has 2 unspecified atom stereocenters. The fourth-order valence-corrected chi connectivity index (χ4v) is 5.34. The van der Waals surface area contributed by atoms with E-state index >= 15 is 0 Å². The van der Waals surface area contributed by atoms with Crippen molar-refractivity contribution < 1.29 is 36.9 Å². The van der Waals surface area contributed by atoms with E-state index in [1.54, 1.807) is 11.0 Å². The van der Waals surface area contributed by atoms with Gasteiger partial charge in [-0.25, -0.2) is 0 Å². The molecule has 9 nitrogen and oxygen atoms in total. The number of ether oxygens (including phenoxy) is 5. The molecular weight excluding hydrogens is 573 g/mol. The predicted octanol–water partition coefficient (Wildman–Crippen LogP) is 4.47. The zero-order valence-electron chi connectivity index (χ0n) is 23.6. The minimum absolute atomic E-state index is 0.213. The third-order valence-electron chi connectivity index (χ3n) is 6.90. The van der Waals surface area contributed by atoms with Gasteiger partial charge >= 0.3 is 6.18 Å². The highest BCUT2D eigenvalue weighted by Gasteiger charge is 2.62. The molecule has 2 aliphatic heterocycles. The number of hydrogen-bond donors (Lipinski definition) is 1. The number of nitriles is 1. The van der Waals surface area contributed by atoms with E-state index in [0.717, 1.165) is 17.8 Å². The third-order valence-corrected chi connectivity index (χ3v) is 7.28. The maximum atomic E-state index is 13.7. The number of rotatable bonds is 15. The Hall–Kier alpha value is -2.99. The van der Waals surface area contributed by atoms with Gasteiger partial charge < -0.3 is 34.3 Å². The molecule has 0 bridgehead atoms. The fourth-order valence-electron chi connectivity index (χ4n) is 4.79. The molecule has 13 heteroatoms. The van der Waals surface area contributed by atoms with Crippen LogP contribution in [0.15, 0.2) is 42.5 Å². The summed E-state index contributed by atoms with van der Waals surface area (Å²) in [4.78, 5) is 3.46. The van der Waals surface area contributed by atoms with E-state index in [4.69, 9.17) is 41.6 Å². The molecule has 2 fully saturated rings. The topological polar surface area (TPSA) is 106 Å². The molecule has 0 saturated carbocycles. The molecule has 0 aromatic heterocycles. The van der Waals surface area contributed by atoms with Crippen LogP contribution in [0.1, 0.15) is 31.4 Å². The van der Waals surface area contributed by atoms with Gasteiger partial charge in [-0.2, -0.15) is 18.4 Å². The van der Waals surface area contributed by atoms with E-state index in [1.807, 2.05) is 43.0 Å². The number of alkyl halides is 3. The second kappa shape index (κ2) is 14.0. The maximum Gasteiger partial charge on any atom is 0.417 e. The Kier molecular flexibility index (Phi) is 10.6. The number of benzene rings is 2. The largest absolute Gasteiger partial charge is 0.494 e. The van der Waals surface area contributed by atoms with Crippen LogP contribution in [0.2, 0.25) is 0 Å². The Morgan fingerprint density at radius 2 is 1.57 bits per heavy atom. The van der Waals surface area contributed by atoms with Gasteiger partial charge in [0.15, 0.2) is 11.3 Å². The first kappa shape index (κ1) is 31.9. The number of nitrogens with zero attached hydrogens (tertiary/aromatic N) is 3. The Balaban J connectivity index is 1.32. The predicted molar refractivity (Wildman–Crippen MR) is 155 cm³/mol. The average molecular weight is 609 g/mol. The van der Waals surface area contributed by atoms with Crippen molar-refractivity contribution in [1.82, 2.24) is 0 Å². The molecule has 228 valence electrons. The second-order valence-corrected chi connectivity index (χ2v) is 10.6. The van der Waals surface area contributed by atoms with Crippen LogP contribution in [-0.2, 0) is 25.1 Å². The standard InChI is InChI=1S/C29H35F3N4O5S/c1-28(2)25-26(41-25)35(22-5-4-20(19-34)24(18-22)29(30,31)32)27(42)36(28)21-6-8-23(9-7-21)40-12-3-11-37-14-16-39-17-15-38-13-10-33/h4-9,18,25-26H,3,10-17,33H2,1-2H3. The quantitative estimate of drug-likeness (QED) is 0.177. The molecule has 0 aliphatic carbocycles. The molecule has 0 radical (unpaired) electrons. The van der Waals surface area contributed by atoms with Crippen molar-refractivity contribution in [3.8, 4) is 11.8 Å². The van der Waals surface area contributed by atoms with Gasteiger partial charge in [-0.05, 0) is 68.5 Å². The highest BCUT2D eigenvalue weighted by molar-refractivity contribution is 7.80. The Bertz CT molecular complexity index is 1260. The third kappa shape index (κ3) is 7.50. The molecule has 2 saturated heterocycles. The van der Waals surface area contributed by atoms with Gasteiger partial charge in [0.2, 0.25) is 0 Å². The Morgan fingerprint density at radius 3 is 2.19 bits per heavy atom.